The molecule has 16 heavy (non-hydrogen) atoms. The molecular weight excluding hydrogens is 276 g/mol. The Kier molecular flexibility index (Phi) is 2.67. The van der Waals surface area contributed by atoms with Gasteiger partial charge in [-0.15, -0.1) is 0 Å². The van der Waals surface area contributed by atoms with E-state index in [-0.39, 0.29) is 18.6 Å². The van der Waals surface area contributed by atoms with E-state index in [2.05, 4.69) is 15.9 Å². The van der Waals surface area contributed by atoms with Crippen molar-refractivity contribution in [3.8, 4) is 5.75 Å². The van der Waals surface area contributed by atoms with Gasteiger partial charge in [0, 0.05) is 10.0 Å². The van der Waals surface area contributed by atoms with E-state index in [0.29, 0.717) is 10.0 Å². The van der Waals surface area contributed by atoms with Crippen LogP contribution in [0.1, 0.15) is 18.4 Å². The van der Waals surface area contributed by atoms with Gasteiger partial charge < -0.3 is 15.3 Å². The molecule has 0 bridgehead atoms. The van der Waals surface area contributed by atoms with Crippen molar-refractivity contribution in [2.75, 3.05) is 0 Å². The zero-order chi connectivity index (χ0) is 11.9. The largest absolute Gasteiger partial charge is 0.508 e. The highest BCUT2D eigenvalue weighted by molar-refractivity contribution is 9.10. The predicted molar refractivity (Wildman–Crippen MR) is 60.4 cm³/mol. The fourth-order valence-corrected chi connectivity index (χ4v) is 2.51. The van der Waals surface area contributed by atoms with Gasteiger partial charge in [0.15, 0.2) is 0 Å². The maximum atomic E-state index is 11.3. The summed E-state index contributed by atoms with van der Waals surface area (Å²) in [6.07, 6.45) is -0.297. The van der Waals surface area contributed by atoms with E-state index in [1.165, 1.54) is 6.07 Å². The van der Waals surface area contributed by atoms with Crippen molar-refractivity contribution in [3.63, 3.8) is 0 Å². The highest BCUT2D eigenvalue weighted by Gasteiger charge is 2.52. The third kappa shape index (κ3) is 1.60. The van der Waals surface area contributed by atoms with Gasteiger partial charge in [0.05, 0.1) is 6.10 Å². The van der Waals surface area contributed by atoms with Gasteiger partial charge in [-0.05, 0) is 25.0 Å². The van der Waals surface area contributed by atoms with Crippen LogP contribution in [-0.2, 0) is 10.2 Å². The van der Waals surface area contributed by atoms with Gasteiger partial charge in [0.25, 0.3) is 0 Å². The van der Waals surface area contributed by atoms with Crippen molar-refractivity contribution in [1.29, 1.82) is 0 Å². The molecule has 0 spiro atoms. The monoisotopic (exact) mass is 286 g/mol. The Morgan fingerprint density at radius 3 is 2.50 bits per heavy atom. The van der Waals surface area contributed by atoms with Gasteiger partial charge >= 0.3 is 5.97 Å². The molecule has 1 aliphatic carbocycles. The number of aromatic hydroxyl groups is 1. The number of aliphatic carboxylic acids is 1. The summed E-state index contributed by atoms with van der Waals surface area (Å²) >= 11 is 3.20. The van der Waals surface area contributed by atoms with Crippen LogP contribution in [0.25, 0.3) is 0 Å². The quantitative estimate of drug-likeness (QED) is 0.772. The van der Waals surface area contributed by atoms with Crippen LogP contribution in [0.15, 0.2) is 22.7 Å². The Bertz CT molecular complexity index is 438. The molecule has 0 unspecified atom stereocenters. The number of phenols is 1. The van der Waals surface area contributed by atoms with Crippen LogP contribution >= 0.6 is 15.9 Å². The van der Waals surface area contributed by atoms with Crippen molar-refractivity contribution in [2.24, 2.45) is 0 Å². The number of carboxylic acid groups (broad SMARTS) is 1. The van der Waals surface area contributed by atoms with Crippen LogP contribution in [0.2, 0.25) is 0 Å². The Morgan fingerprint density at radius 2 is 2.06 bits per heavy atom. The Morgan fingerprint density at radius 1 is 1.44 bits per heavy atom. The Hall–Kier alpha value is -1.07. The highest BCUT2D eigenvalue weighted by Crippen LogP contribution is 2.47. The molecule has 2 rings (SSSR count). The minimum Gasteiger partial charge on any atom is -0.508 e. The molecule has 5 heteroatoms. The molecule has 0 heterocycles. The second-order valence-corrected chi connectivity index (χ2v) is 5.03. The maximum absolute atomic E-state index is 11.3. The van der Waals surface area contributed by atoms with Gasteiger partial charge in [0.1, 0.15) is 11.2 Å². The van der Waals surface area contributed by atoms with E-state index < -0.39 is 17.5 Å². The summed E-state index contributed by atoms with van der Waals surface area (Å²) in [5.41, 5.74) is -0.766. The lowest BCUT2D eigenvalue weighted by atomic mass is 9.62. The second-order valence-electron chi connectivity index (χ2n) is 4.11. The van der Waals surface area contributed by atoms with E-state index >= 15 is 0 Å². The van der Waals surface area contributed by atoms with E-state index in [1.807, 2.05) is 0 Å². The summed E-state index contributed by atoms with van der Waals surface area (Å²) in [7, 11) is 0. The van der Waals surface area contributed by atoms with Crippen molar-refractivity contribution in [2.45, 2.75) is 24.4 Å². The fourth-order valence-electron chi connectivity index (χ4n) is 2.16. The van der Waals surface area contributed by atoms with Crippen LogP contribution in [0.4, 0.5) is 0 Å². The topological polar surface area (TPSA) is 77.8 Å². The molecule has 0 saturated heterocycles. The number of aliphatic hydroxyl groups is 1. The molecule has 0 amide bonds. The normalized spacial score (nSPS) is 28.5. The smallest absolute Gasteiger partial charge is 0.314 e. The molecule has 1 fully saturated rings. The van der Waals surface area contributed by atoms with Crippen molar-refractivity contribution < 1.29 is 20.1 Å². The van der Waals surface area contributed by atoms with Crippen LogP contribution in [0, 0.1) is 0 Å². The molecular formula is C11H11BrO4. The molecule has 0 aliphatic heterocycles. The molecule has 1 saturated carbocycles. The first-order chi connectivity index (χ1) is 7.45. The molecule has 0 atom stereocenters. The molecule has 4 nitrogen and oxygen atoms in total. The van der Waals surface area contributed by atoms with Crippen LogP contribution in [0.5, 0.6) is 5.75 Å². The molecule has 0 radical (unpaired) electrons. The first kappa shape index (κ1) is 11.4. The molecule has 1 aromatic rings. The van der Waals surface area contributed by atoms with Crippen LogP contribution < -0.4 is 0 Å². The number of aliphatic hydroxyl groups excluding tert-OH is 1. The van der Waals surface area contributed by atoms with Gasteiger partial charge in [-0.25, -0.2) is 0 Å². The first-order valence-corrected chi connectivity index (χ1v) is 5.65. The number of phenolic OH excluding ortho intramolecular Hbond substituents is 1. The van der Waals surface area contributed by atoms with Crippen molar-refractivity contribution >= 4 is 21.9 Å². The van der Waals surface area contributed by atoms with E-state index in [1.54, 1.807) is 12.1 Å². The van der Waals surface area contributed by atoms with Crippen molar-refractivity contribution in [3.05, 3.63) is 28.2 Å². The minimum atomic E-state index is -1.13. The number of hydrogen-bond acceptors (Lipinski definition) is 3. The zero-order valence-corrected chi connectivity index (χ0v) is 9.94. The maximum Gasteiger partial charge on any atom is 0.314 e. The Labute approximate surface area is 101 Å². The summed E-state index contributed by atoms with van der Waals surface area (Å²) in [6.45, 7) is 0. The number of hydrogen-bond donors (Lipinski definition) is 3. The SMILES string of the molecule is O=C(O)C1(c2ccc(Br)cc2O)CC(O)C1. The average Bonchev–Trinajstić information content (AvgIpc) is 2.12. The van der Waals surface area contributed by atoms with E-state index in [4.69, 9.17) is 0 Å². The highest BCUT2D eigenvalue weighted by atomic mass is 79.9. The summed E-state index contributed by atoms with van der Waals surface area (Å²) in [5, 5.41) is 28.3. The first-order valence-electron chi connectivity index (χ1n) is 4.86. The number of halogens is 1. The standard InChI is InChI=1S/C11H11BrO4/c12-6-1-2-8(9(14)3-6)11(10(15)16)4-7(13)5-11/h1-3,7,13-14H,4-5H2,(H,15,16). The lowest BCUT2D eigenvalue weighted by molar-refractivity contribution is -0.153. The van der Waals surface area contributed by atoms with E-state index in [0.717, 1.165) is 0 Å². The summed E-state index contributed by atoms with van der Waals surface area (Å²) < 4.78 is 0.689. The van der Waals surface area contributed by atoms with Crippen LogP contribution in [0.3, 0.4) is 0 Å². The summed E-state index contributed by atoms with van der Waals surface area (Å²) in [4.78, 5) is 11.3. The molecule has 1 aliphatic rings. The minimum absolute atomic E-state index is 0.0522. The molecule has 3 N–H and O–H groups in total. The predicted octanol–water partition coefficient (Wildman–Crippen LogP) is 1.63. The van der Waals surface area contributed by atoms with E-state index in [9.17, 15) is 20.1 Å². The molecule has 86 valence electrons. The summed E-state index contributed by atoms with van der Waals surface area (Å²) in [6, 6.07) is 4.73. The lowest BCUT2D eigenvalue weighted by Gasteiger charge is -2.42. The number of carboxylic acids is 1. The lowest BCUT2D eigenvalue weighted by Crippen LogP contribution is -2.50. The number of benzene rings is 1. The van der Waals surface area contributed by atoms with Gasteiger partial charge in [0.2, 0.25) is 0 Å². The fraction of sp³-hybridized carbons (Fsp3) is 0.364. The van der Waals surface area contributed by atoms with Gasteiger partial charge in [-0.2, -0.15) is 0 Å². The molecule has 1 aromatic carbocycles. The number of rotatable bonds is 2. The van der Waals surface area contributed by atoms with Gasteiger partial charge in [-0.3, -0.25) is 4.79 Å². The summed E-state index contributed by atoms with van der Waals surface area (Å²) in [5.74, 6) is -1.06. The van der Waals surface area contributed by atoms with Crippen LogP contribution in [-0.4, -0.2) is 27.4 Å². The third-order valence-electron chi connectivity index (χ3n) is 3.05. The second kappa shape index (κ2) is 3.75. The molecule has 0 aromatic heterocycles. The van der Waals surface area contributed by atoms with Gasteiger partial charge in [-0.1, -0.05) is 22.0 Å². The average molecular weight is 287 g/mol. The third-order valence-corrected chi connectivity index (χ3v) is 3.55. The Balaban J connectivity index is 2.45. The number of carbonyl (C=O) groups is 1. The zero-order valence-electron chi connectivity index (χ0n) is 8.35. The van der Waals surface area contributed by atoms with Crippen molar-refractivity contribution in [1.82, 2.24) is 0 Å².